The van der Waals surface area contributed by atoms with Crippen LogP contribution >= 0.6 is 0 Å². The molecular formula is C16H18N3. The van der Waals surface area contributed by atoms with Gasteiger partial charge in [0.1, 0.15) is 6.17 Å². The molecule has 3 rings (SSSR count). The van der Waals surface area contributed by atoms with Crippen LogP contribution in [0.2, 0.25) is 0 Å². The summed E-state index contributed by atoms with van der Waals surface area (Å²) in [6.07, 6.45) is 5.95. The number of hydrogen-bond acceptors (Lipinski definition) is 2. The summed E-state index contributed by atoms with van der Waals surface area (Å²) in [7, 11) is 0. The fourth-order valence-corrected chi connectivity index (χ4v) is 2.66. The lowest BCUT2D eigenvalue weighted by molar-refractivity contribution is 0.564. The Morgan fingerprint density at radius 3 is 2.79 bits per heavy atom. The first-order valence-corrected chi connectivity index (χ1v) is 6.84. The van der Waals surface area contributed by atoms with Gasteiger partial charge in [0.25, 0.3) is 0 Å². The molecule has 1 unspecified atom stereocenters. The van der Waals surface area contributed by atoms with Crippen LogP contribution in [0.3, 0.4) is 0 Å². The van der Waals surface area contributed by atoms with E-state index in [-0.39, 0.29) is 6.17 Å². The molecule has 0 fully saturated rings. The van der Waals surface area contributed by atoms with E-state index in [9.17, 15) is 0 Å². The van der Waals surface area contributed by atoms with E-state index in [0.717, 1.165) is 25.1 Å². The average molecular weight is 252 g/mol. The lowest BCUT2D eigenvalue weighted by Crippen LogP contribution is -2.38. The zero-order valence-electron chi connectivity index (χ0n) is 11.2. The largest absolute Gasteiger partial charge is 0.349 e. The summed E-state index contributed by atoms with van der Waals surface area (Å²) < 4.78 is 0. The van der Waals surface area contributed by atoms with E-state index in [1.807, 2.05) is 12.1 Å². The third-order valence-electron chi connectivity index (χ3n) is 3.49. The molecule has 2 heterocycles. The maximum Gasteiger partial charge on any atom is 0.125 e. The molecule has 19 heavy (non-hydrogen) atoms. The molecule has 1 aliphatic heterocycles. The summed E-state index contributed by atoms with van der Waals surface area (Å²) in [6.45, 7) is 3.26. The van der Waals surface area contributed by atoms with Gasteiger partial charge in [-0.05, 0) is 30.2 Å². The standard InChI is InChI=1S/C16H18N3/c1-2-11-19-15-6-4-3-5-13(15)12-16(19)18-14-7-9-17-10-8-14/h3-10,16H,2,11-12H2,1H3. The smallest absolute Gasteiger partial charge is 0.125 e. The highest BCUT2D eigenvalue weighted by Crippen LogP contribution is 2.32. The fourth-order valence-electron chi connectivity index (χ4n) is 2.66. The van der Waals surface area contributed by atoms with Crippen LogP contribution in [-0.4, -0.2) is 17.7 Å². The van der Waals surface area contributed by atoms with Crippen molar-refractivity contribution in [3.05, 3.63) is 54.4 Å². The number of hydrogen-bond donors (Lipinski definition) is 0. The highest BCUT2D eigenvalue weighted by atomic mass is 15.3. The van der Waals surface area contributed by atoms with E-state index >= 15 is 0 Å². The molecule has 1 aromatic heterocycles. The SMILES string of the molecule is CCCN1c2ccccc2CC1[N]c1ccncc1. The molecule has 3 heteroatoms. The van der Waals surface area contributed by atoms with Crippen LogP contribution in [-0.2, 0) is 6.42 Å². The molecule has 0 saturated heterocycles. The molecule has 1 radical (unpaired) electrons. The second-order valence-corrected chi connectivity index (χ2v) is 4.84. The third kappa shape index (κ3) is 2.41. The van der Waals surface area contributed by atoms with Gasteiger partial charge in [-0.3, -0.25) is 10.3 Å². The molecule has 1 aliphatic rings. The second-order valence-electron chi connectivity index (χ2n) is 4.84. The van der Waals surface area contributed by atoms with Gasteiger partial charge in [0.05, 0.1) is 5.69 Å². The van der Waals surface area contributed by atoms with Gasteiger partial charge in [0.15, 0.2) is 0 Å². The van der Waals surface area contributed by atoms with Crippen molar-refractivity contribution in [2.75, 3.05) is 11.4 Å². The van der Waals surface area contributed by atoms with Crippen LogP contribution in [0.25, 0.3) is 0 Å². The Morgan fingerprint density at radius 2 is 2.00 bits per heavy atom. The molecule has 0 aliphatic carbocycles. The monoisotopic (exact) mass is 252 g/mol. The van der Waals surface area contributed by atoms with Gasteiger partial charge in [-0.1, -0.05) is 25.1 Å². The van der Waals surface area contributed by atoms with Gasteiger partial charge in [-0.25, -0.2) is 0 Å². The van der Waals surface area contributed by atoms with E-state index in [2.05, 4.69) is 41.1 Å². The molecule has 0 amide bonds. The molecule has 97 valence electrons. The molecule has 0 bridgehead atoms. The van der Waals surface area contributed by atoms with Crippen LogP contribution in [0.4, 0.5) is 11.4 Å². The van der Waals surface area contributed by atoms with Crippen molar-refractivity contribution >= 4 is 11.4 Å². The third-order valence-corrected chi connectivity index (χ3v) is 3.49. The Morgan fingerprint density at radius 1 is 1.21 bits per heavy atom. The molecule has 0 saturated carbocycles. The minimum Gasteiger partial charge on any atom is -0.349 e. The van der Waals surface area contributed by atoms with Crippen molar-refractivity contribution in [1.29, 1.82) is 0 Å². The molecular weight excluding hydrogens is 234 g/mol. The van der Waals surface area contributed by atoms with Crippen molar-refractivity contribution in [3.8, 4) is 0 Å². The Kier molecular flexibility index (Phi) is 3.36. The van der Waals surface area contributed by atoms with Crippen LogP contribution < -0.4 is 10.2 Å². The number of para-hydroxylation sites is 1. The Balaban J connectivity index is 1.83. The first-order chi connectivity index (χ1) is 9.38. The van der Waals surface area contributed by atoms with Crippen molar-refractivity contribution in [3.63, 3.8) is 0 Å². The summed E-state index contributed by atoms with van der Waals surface area (Å²) in [4.78, 5) is 6.45. The lowest BCUT2D eigenvalue weighted by atomic mass is 10.1. The maximum absolute atomic E-state index is 4.86. The van der Waals surface area contributed by atoms with E-state index in [1.165, 1.54) is 11.3 Å². The van der Waals surface area contributed by atoms with Gasteiger partial charge < -0.3 is 4.90 Å². The number of aromatic nitrogens is 1. The zero-order valence-corrected chi connectivity index (χ0v) is 11.2. The molecule has 0 N–H and O–H groups in total. The van der Waals surface area contributed by atoms with Gasteiger partial charge in [0, 0.05) is 31.0 Å². The number of rotatable bonds is 4. The van der Waals surface area contributed by atoms with Crippen molar-refractivity contribution < 1.29 is 0 Å². The summed E-state index contributed by atoms with van der Waals surface area (Å²) in [6, 6.07) is 12.6. The molecule has 2 aromatic rings. The van der Waals surface area contributed by atoms with Crippen molar-refractivity contribution in [2.24, 2.45) is 0 Å². The second kappa shape index (κ2) is 5.31. The van der Waals surface area contributed by atoms with Gasteiger partial charge in [-0.2, -0.15) is 0 Å². The fraction of sp³-hybridized carbons (Fsp3) is 0.312. The average Bonchev–Trinajstić information content (AvgIpc) is 2.79. The summed E-state index contributed by atoms with van der Waals surface area (Å²) in [5, 5.41) is 4.86. The highest BCUT2D eigenvalue weighted by Gasteiger charge is 2.29. The maximum atomic E-state index is 4.86. The van der Waals surface area contributed by atoms with E-state index in [0.29, 0.717) is 0 Å². The Hall–Kier alpha value is -2.03. The van der Waals surface area contributed by atoms with E-state index in [4.69, 9.17) is 5.32 Å². The van der Waals surface area contributed by atoms with Gasteiger partial charge >= 0.3 is 0 Å². The minimum atomic E-state index is 0.222. The van der Waals surface area contributed by atoms with E-state index < -0.39 is 0 Å². The van der Waals surface area contributed by atoms with Crippen LogP contribution in [0.15, 0.2) is 48.8 Å². The summed E-state index contributed by atoms with van der Waals surface area (Å²) in [5.41, 5.74) is 3.75. The van der Waals surface area contributed by atoms with Crippen molar-refractivity contribution in [1.82, 2.24) is 10.3 Å². The number of benzene rings is 1. The first-order valence-electron chi connectivity index (χ1n) is 6.84. The van der Waals surface area contributed by atoms with Crippen LogP contribution in [0.1, 0.15) is 18.9 Å². The molecule has 0 spiro atoms. The van der Waals surface area contributed by atoms with E-state index in [1.54, 1.807) is 12.4 Å². The molecule has 3 nitrogen and oxygen atoms in total. The number of nitrogens with zero attached hydrogens (tertiary/aromatic N) is 3. The highest BCUT2D eigenvalue weighted by molar-refractivity contribution is 5.59. The summed E-state index contributed by atoms with van der Waals surface area (Å²) in [5.74, 6) is 0. The minimum absolute atomic E-state index is 0.222. The Bertz CT molecular complexity index is 539. The zero-order chi connectivity index (χ0) is 13.1. The number of pyridine rings is 1. The normalized spacial score (nSPS) is 17.3. The molecule has 1 atom stereocenters. The predicted molar refractivity (Wildman–Crippen MR) is 77.6 cm³/mol. The molecule has 1 aromatic carbocycles. The number of fused-ring (bicyclic) bond motifs is 1. The van der Waals surface area contributed by atoms with Crippen molar-refractivity contribution in [2.45, 2.75) is 25.9 Å². The predicted octanol–water partition coefficient (Wildman–Crippen LogP) is 3.12. The van der Waals surface area contributed by atoms with Gasteiger partial charge in [0.2, 0.25) is 0 Å². The quantitative estimate of drug-likeness (QED) is 0.837. The first kappa shape index (κ1) is 12.0. The number of anilines is 1. The van der Waals surface area contributed by atoms with Crippen LogP contribution in [0, 0.1) is 0 Å². The van der Waals surface area contributed by atoms with Crippen LogP contribution in [0.5, 0.6) is 0 Å². The lowest BCUT2D eigenvalue weighted by Gasteiger charge is -2.26. The Labute approximate surface area is 114 Å². The van der Waals surface area contributed by atoms with Gasteiger partial charge in [-0.15, -0.1) is 0 Å². The summed E-state index contributed by atoms with van der Waals surface area (Å²) >= 11 is 0. The topological polar surface area (TPSA) is 30.2 Å².